The summed E-state index contributed by atoms with van der Waals surface area (Å²) in [5.74, 6) is 0. The van der Waals surface area contributed by atoms with E-state index in [9.17, 15) is 8.42 Å². The van der Waals surface area contributed by atoms with Crippen molar-refractivity contribution in [3.05, 3.63) is 18.7 Å². The van der Waals surface area contributed by atoms with Crippen molar-refractivity contribution in [1.82, 2.24) is 9.97 Å². The molecule has 0 aliphatic carbocycles. The molecular formula is C4H4N2O2S. The van der Waals surface area contributed by atoms with E-state index in [0.717, 1.165) is 0 Å². The van der Waals surface area contributed by atoms with Crippen molar-refractivity contribution < 1.29 is 8.42 Å². The Hall–Kier alpha value is -0.970. The molecule has 4 nitrogen and oxygen atoms in total. The van der Waals surface area contributed by atoms with Gasteiger partial charge in [-0.15, -0.1) is 0 Å². The molecule has 1 aromatic heterocycles. The third-order valence-electron chi connectivity index (χ3n) is 0.758. The molecule has 0 spiro atoms. The highest BCUT2D eigenvalue weighted by Crippen LogP contribution is 1.91. The zero-order chi connectivity index (χ0) is 6.69. The van der Waals surface area contributed by atoms with Crippen molar-refractivity contribution in [2.75, 3.05) is 0 Å². The van der Waals surface area contributed by atoms with Crippen LogP contribution < -0.4 is 0 Å². The average molecular weight is 144 g/mol. The first-order valence-electron chi connectivity index (χ1n) is 2.20. The molecule has 0 saturated heterocycles. The molecule has 5 heteroatoms. The lowest BCUT2D eigenvalue weighted by Gasteiger charge is -1.82. The summed E-state index contributed by atoms with van der Waals surface area (Å²) in [6.45, 7) is 0. The van der Waals surface area contributed by atoms with Gasteiger partial charge in [-0.05, 0) is 0 Å². The Morgan fingerprint density at radius 3 is 2.11 bits per heavy atom. The van der Waals surface area contributed by atoms with E-state index in [4.69, 9.17) is 0 Å². The van der Waals surface area contributed by atoms with Gasteiger partial charge in [0.2, 0.25) is 0 Å². The first-order valence-corrected chi connectivity index (χ1v) is 3.38. The molecule has 1 heterocycles. The standard InChI is InChI=1S/C4H4N2O2S/c7-9(8)4-1-5-3-6-2-4/h1-3,9H. The molecule has 0 radical (unpaired) electrons. The monoisotopic (exact) mass is 144 g/mol. The second-order valence-corrected chi connectivity index (χ2v) is 2.38. The van der Waals surface area contributed by atoms with Crippen molar-refractivity contribution >= 4 is 10.7 Å². The van der Waals surface area contributed by atoms with Crippen molar-refractivity contribution in [3.8, 4) is 0 Å². The summed E-state index contributed by atoms with van der Waals surface area (Å²) in [5, 5.41) is 0. The van der Waals surface area contributed by atoms with Crippen LogP contribution in [0.4, 0.5) is 0 Å². The number of thiol groups is 1. The largest absolute Gasteiger partial charge is 0.243 e. The number of nitrogens with zero attached hydrogens (tertiary/aromatic N) is 2. The lowest BCUT2D eigenvalue weighted by molar-refractivity contribution is 0.613. The minimum atomic E-state index is -2.52. The lowest BCUT2D eigenvalue weighted by atomic mass is 10.7. The average Bonchev–Trinajstić information content (AvgIpc) is 1.90. The minimum absolute atomic E-state index is 0.146. The van der Waals surface area contributed by atoms with Crippen molar-refractivity contribution in [3.63, 3.8) is 0 Å². The molecule has 1 rings (SSSR count). The maximum Gasteiger partial charge on any atom is 0.171 e. The van der Waals surface area contributed by atoms with Crippen LogP contribution in [-0.4, -0.2) is 18.4 Å². The van der Waals surface area contributed by atoms with Gasteiger partial charge in [-0.1, -0.05) is 0 Å². The minimum Gasteiger partial charge on any atom is -0.243 e. The van der Waals surface area contributed by atoms with Crippen LogP contribution in [0.5, 0.6) is 0 Å². The zero-order valence-corrected chi connectivity index (χ0v) is 5.28. The highest BCUT2D eigenvalue weighted by molar-refractivity contribution is 7.72. The van der Waals surface area contributed by atoms with Crippen LogP contribution in [0.15, 0.2) is 23.6 Å². The van der Waals surface area contributed by atoms with Gasteiger partial charge >= 0.3 is 0 Å². The molecule has 0 bridgehead atoms. The van der Waals surface area contributed by atoms with E-state index in [0.29, 0.717) is 0 Å². The van der Waals surface area contributed by atoms with E-state index in [-0.39, 0.29) is 4.90 Å². The van der Waals surface area contributed by atoms with Crippen LogP contribution in [0.3, 0.4) is 0 Å². The number of aromatic nitrogens is 2. The molecule has 0 unspecified atom stereocenters. The molecule has 0 amide bonds. The van der Waals surface area contributed by atoms with Gasteiger partial charge in [0, 0.05) is 12.4 Å². The smallest absolute Gasteiger partial charge is 0.171 e. The number of hydrogen-bond acceptors (Lipinski definition) is 4. The normalized spacial score (nSPS) is 9.89. The Morgan fingerprint density at radius 2 is 1.78 bits per heavy atom. The van der Waals surface area contributed by atoms with Gasteiger partial charge < -0.3 is 0 Å². The van der Waals surface area contributed by atoms with E-state index in [1.54, 1.807) is 0 Å². The fraction of sp³-hybridized carbons (Fsp3) is 0. The summed E-state index contributed by atoms with van der Waals surface area (Å²) in [4.78, 5) is 7.17. The predicted octanol–water partition coefficient (Wildman–Crippen LogP) is -0.553. The van der Waals surface area contributed by atoms with Crippen LogP contribution in [0, 0.1) is 0 Å². The second-order valence-electron chi connectivity index (χ2n) is 1.35. The van der Waals surface area contributed by atoms with E-state index < -0.39 is 10.7 Å². The first-order chi connectivity index (χ1) is 4.30. The Labute approximate surface area is 53.5 Å². The van der Waals surface area contributed by atoms with E-state index in [2.05, 4.69) is 9.97 Å². The molecule has 0 fully saturated rings. The fourth-order valence-corrected chi connectivity index (χ4v) is 0.707. The van der Waals surface area contributed by atoms with E-state index >= 15 is 0 Å². The van der Waals surface area contributed by atoms with Gasteiger partial charge in [0.1, 0.15) is 11.2 Å². The Morgan fingerprint density at radius 1 is 1.22 bits per heavy atom. The number of hydrogen-bond donors (Lipinski definition) is 1. The molecule has 0 aliphatic rings. The predicted molar refractivity (Wildman–Crippen MR) is 30.6 cm³/mol. The zero-order valence-electron chi connectivity index (χ0n) is 4.39. The summed E-state index contributed by atoms with van der Waals surface area (Å²) >= 11 is 0. The molecule has 0 saturated carbocycles. The molecule has 0 N–H and O–H groups in total. The maximum atomic E-state index is 10.2. The van der Waals surface area contributed by atoms with Gasteiger partial charge in [0.05, 0.1) is 0 Å². The van der Waals surface area contributed by atoms with Gasteiger partial charge in [0.15, 0.2) is 10.7 Å². The van der Waals surface area contributed by atoms with E-state index in [1.165, 1.54) is 18.7 Å². The Bertz CT molecular complexity index is 249. The molecular weight excluding hydrogens is 140 g/mol. The molecule has 48 valence electrons. The SMILES string of the molecule is O=[SH](=O)c1cncnc1. The summed E-state index contributed by atoms with van der Waals surface area (Å²) in [5.41, 5.74) is 0. The van der Waals surface area contributed by atoms with Crippen LogP contribution in [0.2, 0.25) is 0 Å². The summed E-state index contributed by atoms with van der Waals surface area (Å²) in [7, 11) is -2.52. The molecule has 1 aromatic rings. The second kappa shape index (κ2) is 2.54. The molecule has 0 aromatic carbocycles. The Balaban J connectivity index is 3.13. The fourth-order valence-electron chi connectivity index (χ4n) is 0.386. The van der Waals surface area contributed by atoms with E-state index in [1.807, 2.05) is 0 Å². The topological polar surface area (TPSA) is 59.9 Å². The highest BCUT2D eigenvalue weighted by Gasteiger charge is 1.89. The van der Waals surface area contributed by atoms with Crippen molar-refractivity contribution in [2.45, 2.75) is 4.90 Å². The molecule has 9 heavy (non-hydrogen) atoms. The van der Waals surface area contributed by atoms with Crippen LogP contribution >= 0.6 is 0 Å². The van der Waals surface area contributed by atoms with Crippen molar-refractivity contribution in [1.29, 1.82) is 0 Å². The molecule has 0 atom stereocenters. The van der Waals surface area contributed by atoms with Gasteiger partial charge in [-0.25, -0.2) is 18.4 Å². The van der Waals surface area contributed by atoms with Gasteiger partial charge in [-0.2, -0.15) is 0 Å². The van der Waals surface area contributed by atoms with Crippen LogP contribution in [0.1, 0.15) is 0 Å². The Kier molecular flexibility index (Phi) is 1.74. The number of rotatable bonds is 1. The van der Waals surface area contributed by atoms with Gasteiger partial charge in [0.25, 0.3) is 0 Å². The van der Waals surface area contributed by atoms with Crippen LogP contribution in [-0.2, 0) is 10.7 Å². The molecule has 0 aliphatic heterocycles. The maximum absolute atomic E-state index is 10.2. The van der Waals surface area contributed by atoms with Crippen molar-refractivity contribution in [2.24, 2.45) is 0 Å². The quantitative estimate of drug-likeness (QED) is 0.537. The third kappa shape index (κ3) is 1.46. The highest BCUT2D eigenvalue weighted by atomic mass is 32.2. The summed E-state index contributed by atoms with van der Waals surface area (Å²) in [6.07, 6.45) is 3.78. The summed E-state index contributed by atoms with van der Waals surface area (Å²) in [6, 6.07) is 0. The first kappa shape index (κ1) is 6.15. The third-order valence-corrected chi connectivity index (χ3v) is 1.41. The van der Waals surface area contributed by atoms with Gasteiger partial charge in [-0.3, -0.25) is 0 Å². The lowest BCUT2D eigenvalue weighted by Crippen LogP contribution is -1.82. The summed E-state index contributed by atoms with van der Waals surface area (Å²) < 4.78 is 20.3. The van der Waals surface area contributed by atoms with Crippen LogP contribution in [0.25, 0.3) is 0 Å².